The van der Waals surface area contributed by atoms with Crippen LogP contribution in [0.1, 0.15) is 37.5 Å². The van der Waals surface area contributed by atoms with Crippen molar-refractivity contribution in [2.75, 3.05) is 40.2 Å². The summed E-state index contributed by atoms with van der Waals surface area (Å²) in [5.41, 5.74) is 9.16. The fourth-order valence-corrected chi connectivity index (χ4v) is 11.9. The Bertz CT molecular complexity index is 3110. The van der Waals surface area contributed by atoms with Gasteiger partial charge in [0, 0.05) is 38.8 Å². The molecule has 1 amide bonds. The van der Waals surface area contributed by atoms with Crippen LogP contribution in [0.4, 0.5) is 10.7 Å². The van der Waals surface area contributed by atoms with Crippen LogP contribution < -0.4 is 19.9 Å². The third-order valence-corrected chi connectivity index (χ3v) is 15.5. The van der Waals surface area contributed by atoms with Crippen LogP contribution in [0.2, 0.25) is 0 Å². The first-order chi connectivity index (χ1) is 31.9. The third-order valence-electron chi connectivity index (χ3n) is 11.4. The molecule has 0 saturated carbocycles. The molecule has 1 fully saturated rings. The Hall–Kier alpha value is -7.03. The number of likely N-dealkylation sites (tertiary alicyclic amines) is 1. The van der Waals surface area contributed by atoms with Gasteiger partial charge < -0.3 is 34.1 Å². The number of tetrazole rings is 1. The zero-order valence-electron chi connectivity index (χ0n) is 38.1. The van der Waals surface area contributed by atoms with E-state index in [1.807, 2.05) is 12.1 Å². The average molecular weight is 950 g/mol. The minimum Gasteiger partial charge on any atom is -0.497 e. The van der Waals surface area contributed by atoms with Crippen molar-refractivity contribution in [1.29, 1.82) is 0 Å². The van der Waals surface area contributed by atoms with Crippen LogP contribution in [0.5, 0.6) is 17.2 Å². The molecule has 1 aliphatic heterocycles. The summed E-state index contributed by atoms with van der Waals surface area (Å²) in [6.07, 6.45) is -0.686. The molecule has 20 heteroatoms. The molecule has 8 rings (SSSR count). The number of benzene rings is 5. The molecule has 5 aromatic carbocycles. The minimum atomic E-state index is -4.93. The number of para-hydroxylation sites is 1. The number of methoxy groups -OCH3 is 3. The van der Waals surface area contributed by atoms with Crippen LogP contribution >= 0.6 is 0 Å². The van der Waals surface area contributed by atoms with E-state index in [-0.39, 0.29) is 55.6 Å². The number of anilines is 1. The van der Waals surface area contributed by atoms with Gasteiger partial charge in [0.1, 0.15) is 33.0 Å². The maximum absolute atomic E-state index is 16.2. The van der Waals surface area contributed by atoms with Crippen LogP contribution in [0.25, 0.3) is 33.5 Å². The molecule has 3 heterocycles. The van der Waals surface area contributed by atoms with Crippen LogP contribution in [0.3, 0.4) is 0 Å². The van der Waals surface area contributed by atoms with Crippen molar-refractivity contribution in [1.82, 2.24) is 39.0 Å². The number of hydrogen-bond donors (Lipinski definition) is 1. The molecule has 0 radical (unpaired) electrons. The lowest BCUT2D eigenvalue weighted by atomic mass is 9.97. The summed E-state index contributed by atoms with van der Waals surface area (Å²) in [5.74, 6) is 1.80. The van der Waals surface area contributed by atoms with Crippen molar-refractivity contribution in [3.63, 3.8) is 0 Å². The SMILES string of the molecule is COc1ccc(CN(Cc2ccc(OC)cc2)S(=O)(=O)c2c(S(=O)(=O)C3CN(C(=O)OC(C)(C)C)C3)ccc(-c3cccc4nc(N)n(C)c34)c2-c2nnn(Cc3ccc(OC)cc3)n2)cc1. The monoisotopic (exact) mass is 949 g/mol. The summed E-state index contributed by atoms with van der Waals surface area (Å²) >= 11 is 0. The van der Waals surface area contributed by atoms with Gasteiger partial charge >= 0.3 is 6.09 Å². The first-order valence-electron chi connectivity index (χ1n) is 21.2. The van der Waals surface area contributed by atoms with E-state index in [1.165, 1.54) is 34.3 Å². The minimum absolute atomic E-state index is 0.118. The number of sulfonamides is 1. The smallest absolute Gasteiger partial charge is 0.410 e. The lowest BCUT2D eigenvalue weighted by Crippen LogP contribution is -2.57. The lowest BCUT2D eigenvalue weighted by Gasteiger charge is -2.39. The second kappa shape index (κ2) is 18.3. The highest BCUT2D eigenvalue weighted by Crippen LogP contribution is 2.44. The van der Waals surface area contributed by atoms with Gasteiger partial charge in [0.2, 0.25) is 21.8 Å². The highest BCUT2D eigenvalue weighted by molar-refractivity contribution is 7.94. The van der Waals surface area contributed by atoms with Crippen molar-refractivity contribution >= 4 is 42.9 Å². The van der Waals surface area contributed by atoms with Crippen molar-refractivity contribution < 1.29 is 40.6 Å². The standard InChI is InChI=1S/C47H51N9O9S2/c1-47(2,3)65-46(57)54-28-36(29-54)66(58,59)40-24-23-37(38-9-8-10-39-42(38)53(4)45(48)49-39)41(44-50-52-56(51-44)27-32-15-21-35(64-7)22-16-32)43(40)67(60,61)55(25-30-11-17-33(62-5)18-12-30)26-31-13-19-34(63-6)20-14-31/h8-24,36H,25-29H2,1-7H3,(H2,48,49). The molecule has 0 bridgehead atoms. The second-order valence-corrected chi connectivity index (χ2v) is 21.1. The van der Waals surface area contributed by atoms with Crippen molar-refractivity contribution in [2.24, 2.45) is 7.05 Å². The molecule has 0 atom stereocenters. The number of fused-ring (bicyclic) bond motifs is 1. The fourth-order valence-electron chi connectivity index (χ4n) is 7.81. The number of carbonyl (C=O) groups is 1. The topological polar surface area (TPSA) is 216 Å². The highest BCUT2D eigenvalue weighted by atomic mass is 32.2. The van der Waals surface area contributed by atoms with E-state index in [0.29, 0.717) is 45.0 Å². The number of nitrogen functional groups attached to an aromatic ring is 1. The summed E-state index contributed by atoms with van der Waals surface area (Å²) in [6, 6.07) is 29.2. The van der Waals surface area contributed by atoms with Crippen LogP contribution in [-0.4, -0.2) is 107 Å². The largest absolute Gasteiger partial charge is 0.497 e. The number of ether oxygens (including phenoxy) is 4. The van der Waals surface area contributed by atoms with Crippen LogP contribution in [0, 0.1) is 0 Å². The van der Waals surface area contributed by atoms with Gasteiger partial charge in [-0.3, -0.25) is 0 Å². The Kier molecular flexibility index (Phi) is 12.7. The number of carbonyl (C=O) groups excluding carboxylic acids is 1. The van der Waals surface area contributed by atoms with E-state index in [1.54, 1.807) is 124 Å². The lowest BCUT2D eigenvalue weighted by molar-refractivity contribution is 0.0139. The number of aromatic nitrogens is 6. The fraction of sp³-hybridized carbons (Fsp3) is 0.298. The zero-order chi connectivity index (χ0) is 47.8. The Morgan fingerprint density at radius 2 is 1.31 bits per heavy atom. The van der Waals surface area contributed by atoms with E-state index in [0.717, 1.165) is 5.56 Å². The van der Waals surface area contributed by atoms with E-state index >= 15 is 16.8 Å². The molecule has 350 valence electrons. The van der Waals surface area contributed by atoms with Crippen LogP contribution in [0.15, 0.2) is 113 Å². The van der Waals surface area contributed by atoms with Crippen molar-refractivity contribution in [2.45, 2.75) is 61.0 Å². The Balaban J connectivity index is 1.38. The number of aryl methyl sites for hydroxylation is 1. The summed E-state index contributed by atoms with van der Waals surface area (Å²) in [6.45, 7) is 4.41. The maximum atomic E-state index is 16.2. The zero-order valence-corrected chi connectivity index (χ0v) is 39.7. The van der Waals surface area contributed by atoms with Gasteiger partial charge in [-0.05, 0) is 96.8 Å². The predicted molar refractivity (Wildman–Crippen MR) is 251 cm³/mol. The van der Waals surface area contributed by atoms with E-state index < -0.39 is 46.6 Å². The Morgan fingerprint density at radius 1 is 0.761 bits per heavy atom. The average Bonchev–Trinajstić information content (AvgIpc) is 3.87. The first-order valence-corrected chi connectivity index (χ1v) is 24.2. The summed E-state index contributed by atoms with van der Waals surface area (Å²) < 4.78 is 87.3. The third kappa shape index (κ3) is 9.50. The number of imidazole rings is 1. The van der Waals surface area contributed by atoms with Gasteiger partial charge in [0.15, 0.2) is 9.84 Å². The Labute approximate surface area is 388 Å². The molecule has 1 aliphatic rings. The number of nitrogens with two attached hydrogens (primary N) is 1. The van der Waals surface area contributed by atoms with E-state index in [4.69, 9.17) is 29.8 Å². The molecule has 1 saturated heterocycles. The van der Waals surface area contributed by atoms with Crippen molar-refractivity contribution in [3.05, 3.63) is 120 Å². The first kappa shape index (κ1) is 46.5. The quantitative estimate of drug-likeness (QED) is 0.119. The van der Waals surface area contributed by atoms with Gasteiger partial charge in [0.05, 0.1) is 49.4 Å². The summed E-state index contributed by atoms with van der Waals surface area (Å²) in [7, 11) is -3.15. The molecule has 0 unspecified atom stereocenters. The summed E-state index contributed by atoms with van der Waals surface area (Å²) in [5, 5.41) is 12.4. The maximum Gasteiger partial charge on any atom is 0.410 e. The van der Waals surface area contributed by atoms with Gasteiger partial charge in [-0.2, -0.15) is 9.10 Å². The number of hydrogen-bond acceptors (Lipinski definition) is 14. The summed E-state index contributed by atoms with van der Waals surface area (Å²) in [4.78, 5) is 19.1. The van der Waals surface area contributed by atoms with Crippen molar-refractivity contribution in [3.8, 4) is 39.8 Å². The molecule has 2 aromatic heterocycles. The van der Waals surface area contributed by atoms with Gasteiger partial charge in [0.25, 0.3) is 0 Å². The van der Waals surface area contributed by atoms with Crippen LogP contribution in [-0.2, 0) is 51.3 Å². The Morgan fingerprint density at radius 3 is 1.85 bits per heavy atom. The molecule has 2 N–H and O–H groups in total. The molecule has 67 heavy (non-hydrogen) atoms. The van der Waals surface area contributed by atoms with E-state index in [9.17, 15) is 4.79 Å². The normalized spacial score (nSPS) is 13.5. The predicted octanol–water partition coefficient (Wildman–Crippen LogP) is 6.33. The molecular formula is C47H51N9O9S2. The highest BCUT2D eigenvalue weighted by Gasteiger charge is 2.46. The molecule has 18 nitrogen and oxygen atoms in total. The number of rotatable bonds is 15. The van der Waals surface area contributed by atoms with Gasteiger partial charge in [-0.15, -0.1) is 10.2 Å². The van der Waals surface area contributed by atoms with Gasteiger partial charge in [-0.25, -0.2) is 26.6 Å². The molecule has 0 spiro atoms. The number of sulfone groups is 1. The number of nitrogens with zero attached hydrogens (tertiary/aromatic N) is 8. The number of amides is 1. The molecule has 0 aliphatic carbocycles. The van der Waals surface area contributed by atoms with E-state index in [2.05, 4.69) is 15.3 Å². The molecule has 7 aromatic rings. The second-order valence-electron chi connectivity index (χ2n) is 17.0. The van der Waals surface area contributed by atoms with Gasteiger partial charge in [-0.1, -0.05) is 54.6 Å². The molecular weight excluding hydrogens is 899 g/mol.